The number of aryl methyl sites for hydroxylation is 2. The summed E-state index contributed by atoms with van der Waals surface area (Å²) in [4.78, 5) is 23.9. The van der Waals surface area contributed by atoms with E-state index in [-0.39, 0.29) is 12.2 Å². The van der Waals surface area contributed by atoms with Gasteiger partial charge >= 0.3 is 6.36 Å². The predicted octanol–water partition coefficient (Wildman–Crippen LogP) is 3.57. The van der Waals surface area contributed by atoms with Crippen LogP contribution in [0.5, 0.6) is 5.75 Å². The molecule has 0 bridgehead atoms. The molecule has 5 nitrogen and oxygen atoms in total. The normalized spacial score (nSPS) is 11.0. The molecule has 0 spiro atoms. The number of hydrogen-bond donors (Lipinski definition) is 2. The monoisotopic (exact) mass is 366 g/mol. The lowest BCUT2D eigenvalue weighted by molar-refractivity contribution is -0.274. The van der Waals surface area contributed by atoms with E-state index >= 15 is 0 Å². The number of amides is 2. The topological polar surface area (TPSA) is 67.4 Å². The lowest BCUT2D eigenvalue weighted by Crippen LogP contribution is -2.32. The molecule has 0 aliphatic heterocycles. The molecule has 0 aliphatic carbocycles. The quantitative estimate of drug-likeness (QED) is 0.850. The number of alkyl halides is 3. The molecule has 0 saturated carbocycles. The molecule has 0 atom stereocenters. The van der Waals surface area contributed by atoms with E-state index in [1.165, 1.54) is 12.1 Å². The van der Waals surface area contributed by atoms with Crippen LogP contribution in [0.1, 0.15) is 21.5 Å². The average Bonchev–Trinajstić information content (AvgIpc) is 2.55. The Balaban J connectivity index is 1.86. The van der Waals surface area contributed by atoms with Gasteiger partial charge in [0.15, 0.2) is 0 Å². The Morgan fingerprint density at radius 3 is 2.23 bits per heavy atom. The molecule has 0 aromatic heterocycles. The largest absolute Gasteiger partial charge is 0.573 e. The zero-order chi connectivity index (χ0) is 19.3. The molecular formula is C18H17F3N2O3. The second-order valence-electron chi connectivity index (χ2n) is 5.60. The van der Waals surface area contributed by atoms with Crippen molar-refractivity contribution in [2.24, 2.45) is 0 Å². The summed E-state index contributed by atoms with van der Waals surface area (Å²) < 4.78 is 40.0. The predicted molar refractivity (Wildman–Crippen MR) is 90.0 cm³/mol. The first-order valence-electron chi connectivity index (χ1n) is 7.65. The van der Waals surface area contributed by atoms with Gasteiger partial charge in [-0.2, -0.15) is 0 Å². The van der Waals surface area contributed by atoms with E-state index in [1.54, 1.807) is 12.1 Å². The van der Waals surface area contributed by atoms with Gasteiger partial charge in [-0.25, -0.2) is 0 Å². The van der Waals surface area contributed by atoms with Gasteiger partial charge in [-0.1, -0.05) is 6.07 Å². The van der Waals surface area contributed by atoms with Crippen LogP contribution in [0.3, 0.4) is 0 Å². The second kappa shape index (κ2) is 7.90. The molecular weight excluding hydrogens is 349 g/mol. The third-order valence-electron chi connectivity index (χ3n) is 3.55. The molecule has 2 aromatic carbocycles. The van der Waals surface area contributed by atoms with Crippen LogP contribution >= 0.6 is 0 Å². The number of benzene rings is 2. The summed E-state index contributed by atoms with van der Waals surface area (Å²) in [6, 6.07) is 9.90. The Bertz CT molecular complexity index is 802. The highest BCUT2D eigenvalue weighted by molar-refractivity contribution is 5.99. The number of halogens is 3. The van der Waals surface area contributed by atoms with Crippen LogP contribution in [0.25, 0.3) is 0 Å². The number of ether oxygens (including phenoxy) is 1. The van der Waals surface area contributed by atoms with Crippen LogP contribution in [-0.2, 0) is 4.79 Å². The summed E-state index contributed by atoms with van der Waals surface area (Å²) in [6.45, 7) is 3.53. The smallest absolute Gasteiger partial charge is 0.406 e. The van der Waals surface area contributed by atoms with Crippen molar-refractivity contribution < 1.29 is 27.5 Å². The zero-order valence-electron chi connectivity index (χ0n) is 14.1. The van der Waals surface area contributed by atoms with Crippen LogP contribution in [0.4, 0.5) is 18.9 Å². The average molecular weight is 366 g/mol. The molecule has 0 unspecified atom stereocenters. The van der Waals surface area contributed by atoms with Gasteiger partial charge in [0.1, 0.15) is 5.75 Å². The molecule has 2 N–H and O–H groups in total. The fourth-order valence-electron chi connectivity index (χ4n) is 2.09. The summed E-state index contributed by atoms with van der Waals surface area (Å²) in [5.41, 5.74) is 2.74. The van der Waals surface area contributed by atoms with Crippen molar-refractivity contribution in [3.05, 3.63) is 59.2 Å². The Hall–Kier alpha value is -3.03. The first-order chi connectivity index (χ1) is 12.1. The molecule has 138 valence electrons. The van der Waals surface area contributed by atoms with E-state index < -0.39 is 23.9 Å². The minimum absolute atomic E-state index is 0.271. The van der Waals surface area contributed by atoms with Gasteiger partial charge in [0.2, 0.25) is 5.91 Å². The zero-order valence-corrected chi connectivity index (χ0v) is 14.1. The Kier molecular flexibility index (Phi) is 5.86. The molecule has 0 heterocycles. The lowest BCUT2D eigenvalue weighted by Gasteiger charge is -2.10. The molecule has 2 rings (SSSR count). The van der Waals surface area contributed by atoms with Crippen LogP contribution in [0, 0.1) is 13.8 Å². The number of rotatable bonds is 5. The first-order valence-corrected chi connectivity index (χ1v) is 7.65. The van der Waals surface area contributed by atoms with E-state index in [2.05, 4.69) is 15.4 Å². The molecule has 0 saturated heterocycles. The van der Waals surface area contributed by atoms with E-state index in [0.717, 1.165) is 23.3 Å². The number of carbonyl (C=O) groups excluding carboxylic acids is 2. The fraction of sp³-hybridized carbons (Fsp3) is 0.222. The van der Waals surface area contributed by atoms with Crippen molar-refractivity contribution in [2.75, 3.05) is 11.9 Å². The third kappa shape index (κ3) is 5.80. The minimum Gasteiger partial charge on any atom is -0.406 e. The molecule has 8 heteroatoms. The molecule has 26 heavy (non-hydrogen) atoms. The van der Waals surface area contributed by atoms with Crippen LogP contribution < -0.4 is 15.4 Å². The summed E-state index contributed by atoms with van der Waals surface area (Å²) in [5, 5.41) is 4.95. The van der Waals surface area contributed by atoms with E-state index in [4.69, 9.17) is 0 Å². The van der Waals surface area contributed by atoms with Crippen molar-refractivity contribution in [3.8, 4) is 5.75 Å². The number of hydrogen-bond acceptors (Lipinski definition) is 3. The highest BCUT2D eigenvalue weighted by Gasteiger charge is 2.30. The van der Waals surface area contributed by atoms with Crippen molar-refractivity contribution in [2.45, 2.75) is 20.2 Å². The molecule has 0 radical (unpaired) electrons. The molecule has 2 amide bonds. The van der Waals surface area contributed by atoms with Crippen LogP contribution in [0.15, 0.2) is 42.5 Å². The Morgan fingerprint density at radius 2 is 1.65 bits per heavy atom. The summed E-state index contributed by atoms with van der Waals surface area (Å²) in [5.74, 6) is -1.29. The summed E-state index contributed by atoms with van der Waals surface area (Å²) >= 11 is 0. The number of carbonyl (C=O) groups is 2. The van der Waals surface area contributed by atoms with E-state index in [0.29, 0.717) is 5.56 Å². The van der Waals surface area contributed by atoms with Crippen molar-refractivity contribution in [1.29, 1.82) is 0 Å². The first kappa shape index (κ1) is 19.3. The SMILES string of the molecule is Cc1ccc(C(=O)NCC(=O)Nc2ccc(OC(F)(F)F)cc2)cc1C. The van der Waals surface area contributed by atoms with Crippen molar-refractivity contribution in [1.82, 2.24) is 5.32 Å². The van der Waals surface area contributed by atoms with Gasteiger partial charge < -0.3 is 15.4 Å². The fourth-order valence-corrected chi connectivity index (χ4v) is 2.09. The number of anilines is 1. The second-order valence-corrected chi connectivity index (χ2v) is 5.60. The maximum Gasteiger partial charge on any atom is 0.573 e. The molecule has 0 aliphatic rings. The lowest BCUT2D eigenvalue weighted by atomic mass is 10.1. The minimum atomic E-state index is -4.77. The third-order valence-corrected chi connectivity index (χ3v) is 3.55. The number of nitrogens with one attached hydrogen (secondary N) is 2. The maximum atomic E-state index is 12.1. The highest BCUT2D eigenvalue weighted by atomic mass is 19.4. The molecule has 0 fully saturated rings. The van der Waals surface area contributed by atoms with E-state index in [9.17, 15) is 22.8 Å². The highest BCUT2D eigenvalue weighted by Crippen LogP contribution is 2.23. The van der Waals surface area contributed by atoms with Gasteiger partial charge in [0.25, 0.3) is 5.91 Å². The summed E-state index contributed by atoms with van der Waals surface area (Å²) in [7, 11) is 0. The van der Waals surface area contributed by atoms with Crippen molar-refractivity contribution >= 4 is 17.5 Å². The molecule has 2 aromatic rings. The Labute approximate surface area is 148 Å². The summed E-state index contributed by atoms with van der Waals surface area (Å²) in [6.07, 6.45) is -4.77. The standard InChI is InChI=1S/C18H17F3N2O3/c1-11-3-4-13(9-12(11)2)17(25)22-10-16(24)23-14-5-7-15(8-6-14)26-18(19,20)21/h3-9H,10H2,1-2H3,(H,22,25)(H,23,24). The van der Waals surface area contributed by atoms with E-state index in [1.807, 2.05) is 19.9 Å². The van der Waals surface area contributed by atoms with Gasteiger partial charge in [-0.15, -0.1) is 13.2 Å². The maximum absolute atomic E-state index is 12.1. The van der Waals surface area contributed by atoms with Crippen LogP contribution in [-0.4, -0.2) is 24.7 Å². The Morgan fingerprint density at radius 1 is 1.00 bits per heavy atom. The van der Waals surface area contributed by atoms with Gasteiger partial charge in [-0.05, 0) is 61.4 Å². The van der Waals surface area contributed by atoms with Gasteiger partial charge in [0, 0.05) is 11.3 Å². The van der Waals surface area contributed by atoms with Crippen molar-refractivity contribution in [3.63, 3.8) is 0 Å². The van der Waals surface area contributed by atoms with Gasteiger partial charge in [0.05, 0.1) is 6.54 Å². The van der Waals surface area contributed by atoms with Crippen LogP contribution in [0.2, 0.25) is 0 Å². The van der Waals surface area contributed by atoms with Gasteiger partial charge in [-0.3, -0.25) is 9.59 Å².